The fourth-order valence-electron chi connectivity index (χ4n) is 1.28. The molecule has 0 bridgehead atoms. The van der Waals surface area contributed by atoms with Gasteiger partial charge >= 0.3 is 0 Å². The lowest BCUT2D eigenvalue weighted by Gasteiger charge is -2.03. The largest absolute Gasteiger partial charge is 0.454 e. The van der Waals surface area contributed by atoms with Crippen LogP contribution < -0.4 is 9.47 Å². The third-order valence-corrected chi connectivity index (χ3v) is 2.43. The standard InChI is InChI=1S/C10H9BrO3/c1-6(11)10(12)7-2-3-8-9(4-7)14-5-13-8/h2-4,6H,5H2,1H3/t6-/m0/s1. The van der Waals surface area contributed by atoms with Crippen molar-refractivity contribution in [2.45, 2.75) is 11.8 Å². The average Bonchev–Trinajstić information content (AvgIpc) is 2.62. The van der Waals surface area contributed by atoms with E-state index in [1.54, 1.807) is 25.1 Å². The number of ether oxygens (including phenoxy) is 2. The Balaban J connectivity index is 2.33. The number of alkyl halides is 1. The first-order valence-electron chi connectivity index (χ1n) is 4.26. The molecule has 0 spiro atoms. The van der Waals surface area contributed by atoms with Crippen LogP contribution in [-0.2, 0) is 0 Å². The minimum atomic E-state index is -0.178. The Morgan fingerprint density at radius 3 is 2.86 bits per heavy atom. The van der Waals surface area contributed by atoms with Crippen molar-refractivity contribution >= 4 is 21.7 Å². The van der Waals surface area contributed by atoms with Gasteiger partial charge in [0.05, 0.1) is 4.83 Å². The Morgan fingerprint density at radius 1 is 1.43 bits per heavy atom. The summed E-state index contributed by atoms with van der Waals surface area (Å²) in [7, 11) is 0. The molecule has 74 valence electrons. The molecule has 0 radical (unpaired) electrons. The molecule has 1 aromatic rings. The Bertz CT molecular complexity index is 374. The first kappa shape index (κ1) is 9.52. The van der Waals surface area contributed by atoms with Gasteiger partial charge in [0.2, 0.25) is 6.79 Å². The van der Waals surface area contributed by atoms with Crippen LogP contribution in [0.2, 0.25) is 0 Å². The zero-order valence-electron chi connectivity index (χ0n) is 7.62. The predicted molar refractivity (Wildman–Crippen MR) is 55.3 cm³/mol. The van der Waals surface area contributed by atoms with E-state index in [4.69, 9.17) is 9.47 Å². The summed E-state index contributed by atoms with van der Waals surface area (Å²) in [5, 5.41) is 0. The van der Waals surface area contributed by atoms with Gasteiger partial charge in [0, 0.05) is 5.56 Å². The number of Topliss-reactive ketones (excluding diaryl/α,β-unsaturated/α-hetero) is 1. The van der Waals surface area contributed by atoms with E-state index in [0.717, 1.165) is 0 Å². The maximum absolute atomic E-state index is 11.6. The highest BCUT2D eigenvalue weighted by molar-refractivity contribution is 9.10. The molecule has 0 saturated carbocycles. The third kappa shape index (κ3) is 1.62. The maximum Gasteiger partial charge on any atom is 0.231 e. The smallest absolute Gasteiger partial charge is 0.231 e. The van der Waals surface area contributed by atoms with E-state index < -0.39 is 0 Å². The summed E-state index contributed by atoms with van der Waals surface area (Å²) in [6, 6.07) is 5.21. The Morgan fingerprint density at radius 2 is 2.14 bits per heavy atom. The van der Waals surface area contributed by atoms with Crippen LogP contribution in [0, 0.1) is 0 Å². The topological polar surface area (TPSA) is 35.5 Å². The van der Waals surface area contributed by atoms with Gasteiger partial charge in [-0.15, -0.1) is 0 Å². The molecule has 4 heteroatoms. The minimum absolute atomic E-state index is 0.0447. The number of carbonyl (C=O) groups excluding carboxylic acids is 1. The highest BCUT2D eigenvalue weighted by Crippen LogP contribution is 2.33. The number of carbonyl (C=O) groups is 1. The summed E-state index contributed by atoms with van der Waals surface area (Å²) >= 11 is 3.24. The molecule has 0 aromatic heterocycles. The van der Waals surface area contributed by atoms with Crippen LogP contribution in [0.1, 0.15) is 17.3 Å². The van der Waals surface area contributed by atoms with Crippen molar-refractivity contribution in [2.75, 3.05) is 6.79 Å². The molecule has 14 heavy (non-hydrogen) atoms. The van der Waals surface area contributed by atoms with Crippen LogP contribution in [0.15, 0.2) is 18.2 Å². The summed E-state index contributed by atoms with van der Waals surface area (Å²) in [5.74, 6) is 1.39. The number of hydrogen-bond donors (Lipinski definition) is 0. The van der Waals surface area contributed by atoms with Gasteiger partial charge in [-0.2, -0.15) is 0 Å². The van der Waals surface area contributed by atoms with E-state index in [1.165, 1.54) is 0 Å². The zero-order valence-corrected chi connectivity index (χ0v) is 9.21. The second-order valence-electron chi connectivity index (χ2n) is 3.05. The summed E-state index contributed by atoms with van der Waals surface area (Å²) in [6.45, 7) is 2.03. The Hall–Kier alpha value is -1.03. The van der Waals surface area contributed by atoms with Gasteiger partial charge in [0.15, 0.2) is 17.3 Å². The van der Waals surface area contributed by atoms with Gasteiger partial charge < -0.3 is 9.47 Å². The van der Waals surface area contributed by atoms with Crippen LogP contribution >= 0.6 is 15.9 Å². The van der Waals surface area contributed by atoms with Crippen molar-refractivity contribution in [1.29, 1.82) is 0 Å². The van der Waals surface area contributed by atoms with E-state index >= 15 is 0 Å². The molecule has 1 aliphatic heterocycles. The lowest BCUT2D eigenvalue weighted by atomic mass is 10.1. The molecule has 1 heterocycles. The summed E-state index contributed by atoms with van der Waals surface area (Å²) in [6.07, 6.45) is 0. The molecular formula is C10H9BrO3. The lowest BCUT2D eigenvalue weighted by molar-refractivity contribution is 0.0995. The number of hydrogen-bond acceptors (Lipinski definition) is 3. The van der Waals surface area contributed by atoms with Gasteiger partial charge in [0.25, 0.3) is 0 Å². The number of rotatable bonds is 2. The van der Waals surface area contributed by atoms with E-state index in [2.05, 4.69) is 15.9 Å². The first-order chi connectivity index (χ1) is 6.68. The number of fused-ring (bicyclic) bond motifs is 1. The van der Waals surface area contributed by atoms with Crippen molar-refractivity contribution in [1.82, 2.24) is 0 Å². The van der Waals surface area contributed by atoms with Crippen LogP contribution in [0.25, 0.3) is 0 Å². The molecular weight excluding hydrogens is 248 g/mol. The zero-order chi connectivity index (χ0) is 10.1. The summed E-state index contributed by atoms with van der Waals surface area (Å²) in [5.41, 5.74) is 0.638. The van der Waals surface area contributed by atoms with Crippen molar-refractivity contribution in [3.05, 3.63) is 23.8 Å². The highest BCUT2D eigenvalue weighted by Gasteiger charge is 2.18. The SMILES string of the molecule is C[C@H](Br)C(=O)c1ccc2c(c1)OCO2. The fourth-order valence-corrected chi connectivity index (χ4v) is 1.54. The normalized spacial score (nSPS) is 15.3. The molecule has 0 N–H and O–H groups in total. The Kier molecular flexibility index (Phi) is 2.46. The van der Waals surface area contributed by atoms with Gasteiger partial charge in [-0.3, -0.25) is 4.79 Å². The number of halogens is 1. The molecule has 1 aliphatic rings. The summed E-state index contributed by atoms with van der Waals surface area (Å²) in [4.78, 5) is 11.4. The van der Waals surface area contributed by atoms with Gasteiger partial charge in [-0.05, 0) is 25.1 Å². The first-order valence-corrected chi connectivity index (χ1v) is 5.18. The molecule has 1 aromatic carbocycles. The number of benzene rings is 1. The van der Waals surface area contributed by atoms with Crippen molar-refractivity contribution in [2.24, 2.45) is 0 Å². The van der Waals surface area contributed by atoms with Crippen molar-refractivity contribution in [3.63, 3.8) is 0 Å². The summed E-state index contributed by atoms with van der Waals surface area (Å²) < 4.78 is 10.3. The molecule has 0 fully saturated rings. The van der Waals surface area contributed by atoms with Crippen LogP contribution in [-0.4, -0.2) is 17.4 Å². The van der Waals surface area contributed by atoms with Crippen molar-refractivity contribution < 1.29 is 14.3 Å². The van der Waals surface area contributed by atoms with Crippen LogP contribution in [0.5, 0.6) is 11.5 Å². The molecule has 1 atom stereocenters. The van der Waals surface area contributed by atoms with E-state index in [0.29, 0.717) is 17.1 Å². The molecule has 0 aliphatic carbocycles. The van der Waals surface area contributed by atoms with E-state index in [-0.39, 0.29) is 17.4 Å². The molecule has 3 nitrogen and oxygen atoms in total. The van der Waals surface area contributed by atoms with Gasteiger partial charge in [0.1, 0.15) is 0 Å². The van der Waals surface area contributed by atoms with Crippen LogP contribution in [0.3, 0.4) is 0 Å². The second-order valence-corrected chi connectivity index (χ2v) is 4.42. The molecule has 0 unspecified atom stereocenters. The average molecular weight is 257 g/mol. The Labute approximate surface area is 90.1 Å². The quantitative estimate of drug-likeness (QED) is 0.602. The predicted octanol–water partition coefficient (Wildman–Crippen LogP) is 2.38. The van der Waals surface area contributed by atoms with Gasteiger partial charge in [-0.25, -0.2) is 0 Å². The van der Waals surface area contributed by atoms with E-state index in [1.807, 2.05) is 0 Å². The monoisotopic (exact) mass is 256 g/mol. The third-order valence-electron chi connectivity index (χ3n) is 2.02. The highest BCUT2D eigenvalue weighted by atomic mass is 79.9. The number of ketones is 1. The van der Waals surface area contributed by atoms with E-state index in [9.17, 15) is 4.79 Å². The minimum Gasteiger partial charge on any atom is -0.454 e. The fraction of sp³-hybridized carbons (Fsp3) is 0.300. The molecule has 0 saturated heterocycles. The second kappa shape index (κ2) is 3.61. The van der Waals surface area contributed by atoms with Gasteiger partial charge in [-0.1, -0.05) is 15.9 Å². The maximum atomic E-state index is 11.6. The molecule has 0 amide bonds. The van der Waals surface area contributed by atoms with Crippen LogP contribution in [0.4, 0.5) is 0 Å². The molecule has 2 rings (SSSR count). The van der Waals surface area contributed by atoms with Crippen molar-refractivity contribution in [3.8, 4) is 11.5 Å². The lowest BCUT2D eigenvalue weighted by Crippen LogP contribution is -2.09.